The van der Waals surface area contributed by atoms with Crippen molar-refractivity contribution in [2.45, 2.75) is 33.1 Å². The molecule has 3 N–H and O–H groups in total. The Hall–Kier alpha value is -2.37. The predicted octanol–water partition coefficient (Wildman–Crippen LogP) is 2.51. The van der Waals surface area contributed by atoms with Crippen LogP contribution in [0.2, 0.25) is 0 Å². The molecule has 20 heavy (non-hydrogen) atoms. The summed E-state index contributed by atoms with van der Waals surface area (Å²) in [6.07, 6.45) is 0. The average molecular weight is 274 g/mol. The summed E-state index contributed by atoms with van der Waals surface area (Å²) in [6.45, 7) is 7.79. The van der Waals surface area contributed by atoms with E-state index in [1.807, 2.05) is 20.8 Å². The molecule has 0 saturated heterocycles. The number of hydrogen-bond donors (Lipinski definition) is 2. The molecule has 2 rings (SSSR count). The Morgan fingerprint density at radius 3 is 2.55 bits per heavy atom. The van der Waals surface area contributed by atoms with Gasteiger partial charge in [-0.2, -0.15) is 0 Å². The Labute approximate surface area is 117 Å². The van der Waals surface area contributed by atoms with Gasteiger partial charge in [-0.1, -0.05) is 25.9 Å². The molecule has 2 heterocycles. The highest BCUT2D eigenvalue weighted by atomic mass is 16.5. The quantitative estimate of drug-likeness (QED) is 0.877. The van der Waals surface area contributed by atoms with Gasteiger partial charge in [-0.05, 0) is 19.1 Å². The van der Waals surface area contributed by atoms with Gasteiger partial charge in [0.25, 0.3) is 5.91 Å². The van der Waals surface area contributed by atoms with Crippen molar-refractivity contribution in [2.24, 2.45) is 0 Å². The standard InChI is InChI=1S/C14H18N4O2/c1-8-5-12(18-20-8)17-13(19)9-6-10(14(2,3)4)16-11(15)7-9/h5-7H,1-4H3,(H2,15,16)(H,17,18,19). The summed E-state index contributed by atoms with van der Waals surface area (Å²) in [5, 5.41) is 6.38. The van der Waals surface area contributed by atoms with Crippen molar-refractivity contribution in [3.05, 3.63) is 35.2 Å². The van der Waals surface area contributed by atoms with Crippen LogP contribution in [0, 0.1) is 6.92 Å². The number of aromatic nitrogens is 2. The third-order valence-corrected chi connectivity index (χ3v) is 2.75. The van der Waals surface area contributed by atoms with Crippen molar-refractivity contribution in [1.29, 1.82) is 0 Å². The first-order chi connectivity index (χ1) is 9.25. The minimum Gasteiger partial charge on any atom is -0.384 e. The molecule has 0 aliphatic heterocycles. The number of anilines is 2. The number of nitrogens with one attached hydrogen (secondary N) is 1. The molecule has 6 heteroatoms. The molecular formula is C14H18N4O2. The molecule has 106 valence electrons. The van der Waals surface area contributed by atoms with Crippen LogP contribution in [-0.2, 0) is 5.41 Å². The first kappa shape index (κ1) is 14.0. The molecule has 0 bridgehead atoms. The van der Waals surface area contributed by atoms with E-state index in [0.717, 1.165) is 5.69 Å². The number of nitrogen functional groups attached to an aromatic ring is 1. The lowest BCUT2D eigenvalue weighted by atomic mass is 9.90. The smallest absolute Gasteiger partial charge is 0.257 e. The van der Waals surface area contributed by atoms with Crippen LogP contribution in [0.1, 0.15) is 42.6 Å². The number of hydrogen-bond acceptors (Lipinski definition) is 5. The van der Waals surface area contributed by atoms with Gasteiger partial charge in [0.05, 0.1) is 0 Å². The van der Waals surface area contributed by atoms with Crippen LogP contribution in [-0.4, -0.2) is 16.0 Å². The van der Waals surface area contributed by atoms with Gasteiger partial charge in [0, 0.05) is 22.7 Å². The fraction of sp³-hybridized carbons (Fsp3) is 0.357. The van der Waals surface area contributed by atoms with E-state index in [1.165, 1.54) is 6.07 Å². The second-order valence-corrected chi connectivity index (χ2v) is 5.69. The number of aryl methyl sites for hydroxylation is 1. The van der Waals surface area contributed by atoms with Crippen molar-refractivity contribution in [3.63, 3.8) is 0 Å². The Morgan fingerprint density at radius 2 is 2.00 bits per heavy atom. The van der Waals surface area contributed by atoms with E-state index < -0.39 is 0 Å². The molecule has 0 unspecified atom stereocenters. The molecule has 2 aromatic heterocycles. The molecule has 6 nitrogen and oxygen atoms in total. The van der Waals surface area contributed by atoms with Crippen LogP contribution in [0.5, 0.6) is 0 Å². The third-order valence-electron chi connectivity index (χ3n) is 2.75. The molecular weight excluding hydrogens is 256 g/mol. The van der Waals surface area contributed by atoms with Gasteiger partial charge < -0.3 is 15.6 Å². The lowest BCUT2D eigenvalue weighted by Crippen LogP contribution is -2.18. The van der Waals surface area contributed by atoms with Crippen molar-refractivity contribution >= 4 is 17.5 Å². The normalized spacial score (nSPS) is 11.4. The number of carbonyl (C=O) groups is 1. The predicted molar refractivity (Wildman–Crippen MR) is 76.5 cm³/mol. The molecule has 2 aromatic rings. The molecule has 0 radical (unpaired) electrons. The zero-order valence-electron chi connectivity index (χ0n) is 12.0. The average Bonchev–Trinajstić information content (AvgIpc) is 2.72. The summed E-state index contributed by atoms with van der Waals surface area (Å²) < 4.78 is 4.90. The lowest BCUT2D eigenvalue weighted by molar-refractivity contribution is 0.102. The fourth-order valence-corrected chi connectivity index (χ4v) is 1.68. The molecule has 0 spiro atoms. The van der Waals surface area contributed by atoms with Gasteiger partial charge in [0.2, 0.25) is 0 Å². The van der Waals surface area contributed by atoms with Crippen molar-refractivity contribution < 1.29 is 9.32 Å². The van der Waals surface area contributed by atoms with E-state index in [2.05, 4.69) is 15.5 Å². The third kappa shape index (κ3) is 3.14. The van der Waals surface area contributed by atoms with Gasteiger partial charge in [0.15, 0.2) is 5.82 Å². The van der Waals surface area contributed by atoms with E-state index in [9.17, 15) is 4.79 Å². The van der Waals surface area contributed by atoms with E-state index in [-0.39, 0.29) is 11.3 Å². The highest BCUT2D eigenvalue weighted by Crippen LogP contribution is 2.23. The molecule has 0 saturated carbocycles. The first-order valence-electron chi connectivity index (χ1n) is 6.28. The maximum absolute atomic E-state index is 12.2. The van der Waals surface area contributed by atoms with Crippen LogP contribution in [0.4, 0.5) is 11.6 Å². The SMILES string of the molecule is Cc1cc(NC(=O)c2cc(N)nc(C(C)(C)C)c2)no1. The highest BCUT2D eigenvalue weighted by Gasteiger charge is 2.19. The van der Waals surface area contributed by atoms with E-state index in [1.54, 1.807) is 19.1 Å². The fourth-order valence-electron chi connectivity index (χ4n) is 1.68. The Bertz CT molecular complexity index is 641. The molecule has 0 atom stereocenters. The van der Waals surface area contributed by atoms with Crippen molar-refractivity contribution in [1.82, 2.24) is 10.1 Å². The van der Waals surface area contributed by atoms with Crippen LogP contribution in [0.25, 0.3) is 0 Å². The summed E-state index contributed by atoms with van der Waals surface area (Å²) >= 11 is 0. The van der Waals surface area contributed by atoms with Crippen molar-refractivity contribution in [2.75, 3.05) is 11.1 Å². The minimum atomic E-state index is -0.294. The van der Waals surface area contributed by atoms with Gasteiger partial charge in [-0.15, -0.1) is 0 Å². The second kappa shape index (κ2) is 4.96. The van der Waals surface area contributed by atoms with Crippen LogP contribution >= 0.6 is 0 Å². The highest BCUT2D eigenvalue weighted by molar-refractivity contribution is 6.04. The first-order valence-corrected chi connectivity index (χ1v) is 6.28. The van der Waals surface area contributed by atoms with Crippen LogP contribution in [0.15, 0.2) is 22.7 Å². The topological polar surface area (TPSA) is 94.0 Å². The Morgan fingerprint density at radius 1 is 1.30 bits per heavy atom. The summed E-state index contributed by atoms with van der Waals surface area (Å²) in [4.78, 5) is 16.4. The van der Waals surface area contributed by atoms with Gasteiger partial charge in [0.1, 0.15) is 11.6 Å². The zero-order valence-corrected chi connectivity index (χ0v) is 12.0. The number of amides is 1. The largest absolute Gasteiger partial charge is 0.384 e. The number of pyridine rings is 1. The number of rotatable bonds is 2. The number of nitrogens with two attached hydrogens (primary N) is 1. The number of nitrogens with zero attached hydrogens (tertiary/aromatic N) is 2. The second-order valence-electron chi connectivity index (χ2n) is 5.69. The maximum atomic E-state index is 12.2. The summed E-state index contributed by atoms with van der Waals surface area (Å²) in [5.74, 6) is 1.03. The summed E-state index contributed by atoms with van der Waals surface area (Å²) in [5.41, 5.74) is 6.79. The Kier molecular flexibility index (Phi) is 3.48. The maximum Gasteiger partial charge on any atom is 0.257 e. The molecule has 1 amide bonds. The molecule has 0 aliphatic carbocycles. The minimum absolute atomic E-state index is 0.186. The molecule has 0 aromatic carbocycles. The molecule has 0 aliphatic rings. The van der Waals surface area contributed by atoms with Gasteiger partial charge >= 0.3 is 0 Å². The molecule has 0 fully saturated rings. The monoisotopic (exact) mass is 274 g/mol. The van der Waals surface area contributed by atoms with E-state index in [0.29, 0.717) is 23.0 Å². The van der Waals surface area contributed by atoms with Gasteiger partial charge in [-0.25, -0.2) is 4.98 Å². The summed E-state index contributed by atoms with van der Waals surface area (Å²) in [7, 11) is 0. The summed E-state index contributed by atoms with van der Waals surface area (Å²) in [6, 6.07) is 4.92. The van der Waals surface area contributed by atoms with Crippen molar-refractivity contribution in [3.8, 4) is 0 Å². The van der Waals surface area contributed by atoms with Gasteiger partial charge in [-0.3, -0.25) is 4.79 Å². The van der Waals surface area contributed by atoms with E-state index in [4.69, 9.17) is 10.3 Å². The van der Waals surface area contributed by atoms with Crippen LogP contribution in [0.3, 0.4) is 0 Å². The van der Waals surface area contributed by atoms with Crippen LogP contribution < -0.4 is 11.1 Å². The van der Waals surface area contributed by atoms with E-state index >= 15 is 0 Å². The number of carbonyl (C=O) groups excluding carboxylic acids is 1. The zero-order chi connectivity index (χ0) is 14.9. The Balaban J connectivity index is 2.28. The lowest BCUT2D eigenvalue weighted by Gasteiger charge is -2.18.